The van der Waals surface area contributed by atoms with Crippen LogP contribution in [0.3, 0.4) is 0 Å². The molecule has 2 N–H and O–H groups in total. The van der Waals surface area contributed by atoms with Crippen LogP contribution in [0.5, 0.6) is 0 Å². The zero-order valence-electron chi connectivity index (χ0n) is 12.1. The maximum Gasteiger partial charge on any atom is 0.248 e. The molecule has 1 aromatic heterocycles. The van der Waals surface area contributed by atoms with E-state index in [0.29, 0.717) is 17.6 Å². The van der Waals surface area contributed by atoms with Crippen molar-refractivity contribution in [3.05, 3.63) is 72.3 Å². The Kier molecular flexibility index (Phi) is 4.58. The molecule has 0 bridgehead atoms. The molecular formula is C16H14FN5S. The van der Waals surface area contributed by atoms with Crippen LogP contribution in [0.4, 0.5) is 16.0 Å². The highest BCUT2D eigenvalue weighted by atomic mass is 32.1. The van der Waals surface area contributed by atoms with Crippen LogP contribution in [0.25, 0.3) is 0 Å². The maximum atomic E-state index is 12.9. The molecule has 116 valence electrons. The molecule has 0 radical (unpaired) electrons. The van der Waals surface area contributed by atoms with Crippen LogP contribution in [0.1, 0.15) is 5.56 Å². The Balaban J connectivity index is 1.58. The van der Waals surface area contributed by atoms with Crippen molar-refractivity contribution >= 4 is 29.0 Å². The lowest BCUT2D eigenvalue weighted by atomic mass is 10.2. The lowest BCUT2D eigenvalue weighted by Gasteiger charge is -2.07. The number of benzene rings is 2. The van der Waals surface area contributed by atoms with Gasteiger partial charge in [-0.25, -0.2) is 14.1 Å². The number of hydrogen-bond acceptors (Lipinski definition) is 3. The highest BCUT2D eigenvalue weighted by Crippen LogP contribution is 2.08. The van der Waals surface area contributed by atoms with Gasteiger partial charge in [-0.3, -0.25) is 5.32 Å². The van der Waals surface area contributed by atoms with E-state index >= 15 is 0 Å². The van der Waals surface area contributed by atoms with E-state index in [1.807, 2.05) is 30.3 Å². The third-order valence-electron chi connectivity index (χ3n) is 3.05. The summed E-state index contributed by atoms with van der Waals surface area (Å²) in [5, 5.41) is 10.7. The molecule has 5 nitrogen and oxygen atoms in total. The van der Waals surface area contributed by atoms with Gasteiger partial charge in [0.05, 0.1) is 6.54 Å². The Morgan fingerprint density at radius 3 is 2.52 bits per heavy atom. The average Bonchev–Trinajstić information content (AvgIpc) is 2.97. The summed E-state index contributed by atoms with van der Waals surface area (Å²) in [7, 11) is 0. The van der Waals surface area contributed by atoms with Crippen LogP contribution < -0.4 is 10.6 Å². The first-order valence-electron chi connectivity index (χ1n) is 6.96. The first-order chi connectivity index (χ1) is 11.2. The monoisotopic (exact) mass is 327 g/mol. The van der Waals surface area contributed by atoms with E-state index < -0.39 is 0 Å². The third kappa shape index (κ3) is 4.33. The van der Waals surface area contributed by atoms with E-state index in [9.17, 15) is 4.39 Å². The number of anilines is 2. The summed E-state index contributed by atoms with van der Waals surface area (Å²) in [6.07, 6.45) is 1.59. The summed E-state index contributed by atoms with van der Waals surface area (Å²) in [5.41, 5.74) is 1.82. The van der Waals surface area contributed by atoms with E-state index in [2.05, 4.69) is 20.7 Å². The molecule has 0 spiro atoms. The molecule has 0 aliphatic rings. The minimum Gasteiger partial charge on any atom is -0.332 e. The Labute approximate surface area is 138 Å². The van der Waals surface area contributed by atoms with Gasteiger partial charge in [0, 0.05) is 5.69 Å². The number of thiocarbonyl (C=S) groups is 1. The van der Waals surface area contributed by atoms with Gasteiger partial charge in [0.2, 0.25) is 5.95 Å². The van der Waals surface area contributed by atoms with Gasteiger partial charge in [-0.05, 0) is 42.0 Å². The van der Waals surface area contributed by atoms with Gasteiger partial charge in [0.25, 0.3) is 0 Å². The van der Waals surface area contributed by atoms with Crippen molar-refractivity contribution in [3.8, 4) is 0 Å². The van der Waals surface area contributed by atoms with Crippen LogP contribution in [0, 0.1) is 5.82 Å². The fraction of sp³-hybridized carbons (Fsp3) is 0.0625. The lowest BCUT2D eigenvalue weighted by molar-refractivity contribution is 0.624. The van der Waals surface area contributed by atoms with Crippen molar-refractivity contribution < 1.29 is 4.39 Å². The molecule has 0 aliphatic heterocycles. The Hall–Kier alpha value is -2.80. The van der Waals surface area contributed by atoms with Crippen molar-refractivity contribution in [3.63, 3.8) is 0 Å². The van der Waals surface area contributed by atoms with E-state index in [0.717, 1.165) is 11.3 Å². The molecule has 23 heavy (non-hydrogen) atoms. The van der Waals surface area contributed by atoms with E-state index in [1.165, 1.54) is 12.1 Å². The van der Waals surface area contributed by atoms with E-state index in [-0.39, 0.29) is 5.82 Å². The normalized spacial score (nSPS) is 10.3. The zero-order chi connectivity index (χ0) is 16.1. The first-order valence-corrected chi connectivity index (χ1v) is 7.37. The first kappa shape index (κ1) is 15.1. The molecule has 3 aromatic rings. The fourth-order valence-corrected chi connectivity index (χ4v) is 2.20. The highest BCUT2D eigenvalue weighted by Gasteiger charge is 2.04. The Bertz CT molecular complexity index is 786. The van der Waals surface area contributed by atoms with Gasteiger partial charge in [0.1, 0.15) is 12.1 Å². The van der Waals surface area contributed by atoms with Crippen LogP contribution in [-0.2, 0) is 6.54 Å². The topological polar surface area (TPSA) is 54.8 Å². The maximum absolute atomic E-state index is 12.9. The number of para-hydroxylation sites is 1. The molecule has 2 aromatic carbocycles. The molecule has 3 rings (SSSR count). The lowest BCUT2D eigenvalue weighted by Crippen LogP contribution is -2.20. The summed E-state index contributed by atoms with van der Waals surface area (Å²) in [6.45, 7) is 0.508. The highest BCUT2D eigenvalue weighted by molar-refractivity contribution is 7.80. The standard InChI is InChI=1S/C16H14FN5S/c17-13-8-6-12(7-9-13)10-22-11-18-15(21-22)20-16(23)19-14-4-2-1-3-5-14/h1-9,11H,10H2,(H2,19,20,21,23). The van der Waals surface area contributed by atoms with E-state index in [1.54, 1.807) is 23.1 Å². The molecule has 0 unspecified atom stereocenters. The van der Waals surface area contributed by atoms with E-state index in [4.69, 9.17) is 12.2 Å². The van der Waals surface area contributed by atoms with Gasteiger partial charge in [0.15, 0.2) is 5.11 Å². The number of nitrogens with one attached hydrogen (secondary N) is 2. The molecule has 0 saturated carbocycles. The number of halogens is 1. The second-order valence-electron chi connectivity index (χ2n) is 4.84. The minimum atomic E-state index is -0.257. The SMILES string of the molecule is Fc1ccc(Cn2cnc(NC(=S)Nc3ccccc3)n2)cc1. The van der Waals surface area contributed by atoms with Gasteiger partial charge >= 0.3 is 0 Å². The largest absolute Gasteiger partial charge is 0.332 e. The average molecular weight is 327 g/mol. The van der Waals surface area contributed by atoms with Crippen LogP contribution >= 0.6 is 12.2 Å². The molecule has 0 aliphatic carbocycles. The third-order valence-corrected chi connectivity index (χ3v) is 3.26. The molecule has 0 saturated heterocycles. The smallest absolute Gasteiger partial charge is 0.248 e. The van der Waals surface area contributed by atoms with Crippen molar-refractivity contribution in [2.45, 2.75) is 6.54 Å². The summed E-state index contributed by atoms with van der Waals surface area (Å²) in [4.78, 5) is 4.15. The summed E-state index contributed by atoms with van der Waals surface area (Å²) in [5.74, 6) is 0.146. The second-order valence-corrected chi connectivity index (χ2v) is 5.25. The van der Waals surface area contributed by atoms with Crippen molar-refractivity contribution in [2.24, 2.45) is 0 Å². The van der Waals surface area contributed by atoms with Crippen LogP contribution in [-0.4, -0.2) is 19.9 Å². The quantitative estimate of drug-likeness (QED) is 0.720. The van der Waals surface area contributed by atoms with Crippen molar-refractivity contribution in [1.82, 2.24) is 14.8 Å². The van der Waals surface area contributed by atoms with Gasteiger partial charge in [-0.15, -0.1) is 5.10 Å². The minimum absolute atomic E-state index is 0.257. The molecule has 7 heteroatoms. The molecule has 0 amide bonds. The zero-order valence-corrected chi connectivity index (χ0v) is 12.9. The number of nitrogens with zero attached hydrogens (tertiary/aromatic N) is 3. The van der Waals surface area contributed by atoms with Crippen LogP contribution in [0.2, 0.25) is 0 Å². The molecule has 0 fully saturated rings. The number of aromatic nitrogens is 3. The Morgan fingerprint density at radius 1 is 1.04 bits per heavy atom. The molecule has 1 heterocycles. The Morgan fingerprint density at radius 2 is 1.78 bits per heavy atom. The van der Waals surface area contributed by atoms with Crippen molar-refractivity contribution in [2.75, 3.05) is 10.6 Å². The van der Waals surface area contributed by atoms with Gasteiger partial charge in [-0.2, -0.15) is 0 Å². The summed E-state index contributed by atoms with van der Waals surface area (Å²) in [6, 6.07) is 15.9. The predicted octanol–water partition coefficient (Wildman–Crippen LogP) is 3.27. The fourth-order valence-electron chi connectivity index (χ4n) is 1.99. The summed E-state index contributed by atoms with van der Waals surface area (Å²) < 4.78 is 14.5. The van der Waals surface area contributed by atoms with Gasteiger partial charge in [-0.1, -0.05) is 30.3 Å². The predicted molar refractivity (Wildman–Crippen MR) is 91.8 cm³/mol. The molecule has 0 atom stereocenters. The molecular weight excluding hydrogens is 313 g/mol. The second kappa shape index (κ2) is 6.97. The number of rotatable bonds is 4. The van der Waals surface area contributed by atoms with Gasteiger partial charge < -0.3 is 5.32 Å². The summed E-state index contributed by atoms with van der Waals surface area (Å²) >= 11 is 5.22. The van der Waals surface area contributed by atoms with Crippen LogP contribution in [0.15, 0.2) is 60.9 Å². The number of hydrogen-bond donors (Lipinski definition) is 2. The van der Waals surface area contributed by atoms with Crippen molar-refractivity contribution in [1.29, 1.82) is 0 Å².